The van der Waals surface area contributed by atoms with Gasteiger partial charge in [0.2, 0.25) is 5.91 Å². The first-order valence-corrected chi connectivity index (χ1v) is 7.25. The minimum absolute atomic E-state index is 0.0734. The number of hydrogen-bond donors (Lipinski definition) is 2. The lowest BCUT2D eigenvalue weighted by molar-refractivity contribution is -0.183. The third-order valence-corrected chi connectivity index (χ3v) is 3.92. The normalized spacial score (nSPS) is 24.5. The van der Waals surface area contributed by atoms with Crippen molar-refractivity contribution in [2.45, 2.75) is 58.7 Å². The lowest BCUT2D eigenvalue weighted by Gasteiger charge is -2.33. The molecule has 3 nitrogen and oxygen atoms in total. The Morgan fingerprint density at radius 2 is 1.90 bits per heavy atom. The molecular weight excluding hydrogens is 269 g/mol. The highest BCUT2D eigenvalue weighted by Crippen LogP contribution is 2.37. The van der Waals surface area contributed by atoms with Gasteiger partial charge in [-0.2, -0.15) is 13.2 Å². The van der Waals surface area contributed by atoms with Crippen molar-refractivity contribution in [1.29, 1.82) is 0 Å². The Bertz CT molecular complexity index is 329. The minimum atomic E-state index is -4.10. The van der Waals surface area contributed by atoms with Gasteiger partial charge >= 0.3 is 6.18 Å². The Balaban J connectivity index is 2.47. The van der Waals surface area contributed by atoms with E-state index in [1.807, 2.05) is 6.92 Å². The van der Waals surface area contributed by atoms with E-state index < -0.39 is 17.5 Å². The summed E-state index contributed by atoms with van der Waals surface area (Å²) >= 11 is 0. The number of rotatable bonds is 5. The molecule has 1 fully saturated rings. The van der Waals surface area contributed by atoms with Gasteiger partial charge in [0.1, 0.15) is 0 Å². The summed E-state index contributed by atoms with van der Waals surface area (Å²) in [7, 11) is 0. The van der Waals surface area contributed by atoms with E-state index in [-0.39, 0.29) is 24.8 Å². The number of alkyl halides is 3. The van der Waals surface area contributed by atoms with Crippen molar-refractivity contribution in [2.75, 3.05) is 13.1 Å². The van der Waals surface area contributed by atoms with E-state index in [0.717, 1.165) is 6.42 Å². The van der Waals surface area contributed by atoms with Gasteiger partial charge in [0.25, 0.3) is 0 Å². The summed E-state index contributed by atoms with van der Waals surface area (Å²) in [6, 6.07) is -0.149. The third-order valence-electron chi connectivity index (χ3n) is 3.92. The van der Waals surface area contributed by atoms with Gasteiger partial charge in [0, 0.05) is 19.1 Å². The van der Waals surface area contributed by atoms with Crippen LogP contribution >= 0.6 is 0 Å². The van der Waals surface area contributed by atoms with Crippen LogP contribution in [-0.4, -0.2) is 31.2 Å². The number of nitrogens with one attached hydrogen (secondary N) is 2. The van der Waals surface area contributed by atoms with E-state index in [2.05, 4.69) is 10.6 Å². The van der Waals surface area contributed by atoms with Crippen LogP contribution in [0.2, 0.25) is 0 Å². The molecule has 1 saturated carbocycles. The van der Waals surface area contributed by atoms with Crippen molar-refractivity contribution in [3.63, 3.8) is 0 Å². The van der Waals surface area contributed by atoms with Crippen LogP contribution < -0.4 is 10.6 Å². The first-order chi connectivity index (χ1) is 9.16. The van der Waals surface area contributed by atoms with E-state index in [4.69, 9.17) is 0 Å². The van der Waals surface area contributed by atoms with Gasteiger partial charge in [-0.1, -0.05) is 6.42 Å². The first-order valence-electron chi connectivity index (χ1n) is 7.25. The second-order valence-corrected chi connectivity index (χ2v) is 6.23. The lowest BCUT2D eigenvalue weighted by Crippen LogP contribution is -2.47. The molecule has 1 amide bonds. The molecular formula is C14H25F3N2O. The van der Waals surface area contributed by atoms with Crippen molar-refractivity contribution in [3.05, 3.63) is 0 Å². The fraction of sp³-hybridized carbons (Fsp3) is 0.929. The Hall–Kier alpha value is -0.780. The maximum Gasteiger partial charge on any atom is 0.391 e. The Morgan fingerprint density at radius 3 is 2.45 bits per heavy atom. The highest BCUT2D eigenvalue weighted by Gasteiger charge is 2.42. The molecule has 0 aliphatic heterocycles. The average Bonchev–Trinajstić information content (AvgIpc) is 2.36. The fourth-order valence-corrected chi connectivity index (χ4v) is 2.55. The Labute approximate surface area is 118 Å². The summed E-state index contributed by atoms with van der Waals surface area (Å²) in [5.41, 5.74) is -0.610. The topological polar surface area (TPSA) is 41.1 Å². The number of halogens is 3. The molecule has 0 radical (unpaired) electrons. The molecule has 0 saturated heterocycles. The summed E-state index contributed by atoms with van der Waals surface area (Å²) in [5, 5.41) is 5.89. The molecule has 0 spiro atoms. The van der Waals surface area contributed by atoms with Crippen LogP contribution in [0.1, 0.15) is 46.5 Å². The van der Waals surface area contributed by atoms with Crippen molar-refractivity contribution in [2.24, 2.45) is 11.3 Å². The van der Waals surface area contributed by atoms with Crippen LogP contribution in [0, 0.1) is 11.3 Å². The molecule has 2 atom stereocenters. The van der Waals surface area contributed by atoms with Crippen LogP contribution in [0.15, 0.2) is 0 Å². The summed E-state index contributed by atoms with van der Waals surface area (Å²) in [6.45, 7) is 6.40. The molecule has 118 valence electrons. The fourth-order valence-electron chi connectivity index (χ4n) is 2.55. The standard InChI is InChI=1S/C14H25F3N2O/c1-4-18-12(20)13(2,3)9-19-11-7-5-6-10(8-11)14(15,16)17/h10-11,19H,4-9H2,1-3H3,(H,18,20)/t10-,11-/m0/s1. The summed E-state index contributed by atoms with van der Waals surface area (Å²) in [6.07, 6.45) is -2.42. The Morgan fingerprint density at radius 1 is 1.25 bits per heavy atom. The van der Waals surface area contributed by atoms with Gasteiger partial charge in [-0.25, -0.2) is 0 Å². The predicted molar refractivity (Wildman–Crippen MR) is 72.3 cm³/mol. The smallest absolute Gasteiger partial charge is 0.356 e. The molecule has 0 aromatic carbocycles. The van der Waals surface area contributed by atoms with Gasteiger partial charge in [0.15, 0.2) is 0 Å². The van der Waals surface area contributed by atoms with Gasteiger partial charge < -0.3 is 10.6 Å². The molecule has 20 heavy (non-hydrogen) atoms. The highest BCUT2D eigenvalue weighted by molar-refractivity contribution is 5.81. The molecule has 0 heterocycles. The lowest BCUT2D eigenvalue weighted by atomic mass is 9.84. The van der Waals surface area contributed by atoms with E-state index in [1.54, 1.807) is 13.8 Å². The van der Waals surface area contributed by atoms with Crippen molar-refractivity contribution in [3.8, 4) is 0 Å². The minimum Gasteiger partial charge on any atom is -0.356 e. The van der Waals surface area contributed by atoms with Gasteiger partial charge in [-0.15, -0.1) is 0 Å². The first kappa shape index (κ1) is 17.3. The van der Waals surface area contributed by atoms with Gasteiger partial charge in [0.05, 0.1) is 11.3 Å². The highest BCUT2D eigenvalue weighted by atomic mass is 19.4. The molecule has 2 N–H and O–H groups in total. The summed E-state index contributed by atoms with van der Waals surface area (Å²) in [5.74, 6) is -1.28. The van der Waals surface area contributed by atoms with Crippen LogP contribution in [0.3, 0.4) is 0 Å². The zero-order valence-electron chi connectivity index (χ0n) is 12.4. The van der Waals surface area contributed by atoms with E-state index >= 15 is 0 Å². The van der Waals surface area contributed by atoms with Crippen molar-refractivity contribution >= 4 is 5.91 Å². The van der Waals surface area contributed by atoms with Crippen molar-refractivity contribution < 1.29 is 18.0 Å². The second-order valence-electron chi connectivity index (χ2n) is 6.23. The van der Waals surface area contributed by atoms with Gasteiger partial charge in [-0.05, 0) is 40.0 Å². The quantitative estimate of drug-likeness (QED) is 0.818. The largest absolute Gasteiger partial charge is 0.391 e. The second kappa shape index (κ2) is 6.78. The number of hydrogen-bond acceptors (Lipinski definition) is 2. The molecule has 0 aromatic heterocycles. The molecule has 0 unspecified atom stereocenters. The zero-order valence-corrected chi connectivity index (χ0v) is 12.4. The maximum absolute atomic E-state index is 12.7. The van der Waals surface area contributed by atoms with E-state index in [9.17, 15) is 18.0 Å². The van der Waals surface area contributed by atoms with Crippen LogP contribution in [0.4, 0.5) is 13.2 Å². The van der Waals surface area contributed by atoms with Crippen LogP contribution in [-0.2, 0) is 4.79 Å². The van der Waals surface area contributed by atoms with Gasteiger partial charge in [-0.3, -0.25) is 4.79 Å². The summed E-state index contributed by atoms with van der Waals surface area (Å²) in [4.78, 5) is 11.8. The average molecular weight is 294 g/mol. The molecule has 6 heteroatoms. The molecule has 1 aliphatic rings. The molecule has 1 rings (SSSR count). The van der Waals surface area contributed by atoms with Crippen LogP contribution in [0.25, 0.3) is 0 Å². The van der Waals surface area contributed by atoms with Crippen molar-refractivity contribution in [1.82, 2.24) is 10.6 Å². The maximum atomic E-state index is 12.7. The van der Waals surface area contributed by atoms with Crippen LogP contribution in [0.5, 0.6) is 0 Å². The third kappa shape index (κ3) is 4.96. The van der Waals surface area contributed by atoms with E-state index in [1.165, 1.54) is 0 Å². The number of amides is 1. The SMILES string of the molecule is CCNC(=O)C(C)(C)CN[C@H]1CCC[C@H](C(F)(F)F)C1. The molecule has 1 aliphatic carbocycles. The number of carbonyl (C=O) groups is 1. The molecule has 0 bridgehead atoms. The summed E-state index contributed by atoms with van der Waals surface area (Å²) < 4.78 is 38.2. The number of carbonyl (C=O) groups excluding carboxylic acids is 1. The Kier molecular flexibility index (Phi) is 5.86. The monoisotopic (exact) mass is 294 g/mol. The molecule has 0 aromatic rings. The zero-order chi connectivity index (χ0) is 15.4. The predicted octanol–water partition coefficient (Wildman–Crippen LogP) is 2.86. The van der Waals surface area contributed by atoms with E-state index in [0.29, 0.717) is 19.5 Å².